The first kappa shape index (κ1) is 17.9. The fourth-order valence-electron chi connectivity index (χ4n) is 4.47. The quantitative estimate of drug-likeness (QED) is 0.732. The Balaban J connectivity index is 1.63. The van der Waals surface area contributed by atoms with Crippen molar-refractivity contribution >= 4 is 29.0 Å². The molecule has 1 spiro atoms. The summed E-state index contributed by atoms with van der Waals surface area (Å²) in [6.07, 6.45) is 5.09. The van der Waals surface area contributed by atoms with E-state index in [1.54, 1.807) is 24.3 Å². The summed E-state index contributed by atoms with van der Waals surface area (Å²) in [4.78, 5) is 19.8. The molecule has 6 heteroatoms. The molecule has 0 radical (unpaired) electrons. The van der Waals surface area contributed by atoms with Crippen LogP contribution in [0.25, 0.3) is 5.69 Å². The monoisotopic (exact) mass is 391 g/mol. The highest BCUT2D eigenvalue weighted by molar-refractivity contribution is 6.43. The maximum atomic E-state index is 12.8. The van der Waals surface area contributed by atoms with Crippen LogP contribution in [0.3, 0.4) is 0 Å². The van der Waals surface area contributed by atoms with Gasteiger partial charge < -0.3 is 4.90 Å². The molecule has 26 heavy (non-hydrogen) atoms. The standard InChI is InChI=1S/C20H23Cl2N3O/c1-13-6-7-20(13)8-10-24(11-9-20)17-12-18(26)25(14(2)23-17)16-5-3-4-15(21)19(16)22/h3-5,12-13H,6-11H2,1-2H3. The van der Waals surface area contributed by atoms with E-state index in [4.69, 9.17) is 28.2 Å². The molecule has 2 aliphatic rings. The molecule has 1 unspecified atom stereocenters. The Hall–Kier alpha value is -1.52. The van der Waals surface area contributed by atoms with Crippen LogP contribution >= 0.6 is 23.2 Å². The van der Waals surface area contributed by atoms with Gasteiger partial charge in [-0.15, -0.1) is 0 Å². The van der Waals surface area contributed by atoms with Gasteiger partial charge in [0.15, 0.2) is 0 Å². The normalized spacial score (nSPS) is 21.7. The van der Waals surface area contributed by atoms with Crippen LogP contribution in [-0.4, -0.2) is 22.6 Å². The summed E-state index contributed by atoms with van der Waals surface area (Å²) in [6, 6.07) is 6.90. The zero-order valence-corrected chi connectivity index (χ0v) is 16.6. The van der Waals surface area contributed by atoms with Gasteiger partial charge in [0.1, 0.15) is 11.6 Å². The van der Waals surface area contributed by atoms with E-state index in [0.29, 0.717) is 27.0 Å². The van der Waals surface area contributed by atoms with Crippen LogP contribution in [0.1, 0.15) is 38.4 Å². The topological polar surface area (TPSA) is 38.1 Å². The van der Waals surface area contributed by atoms with Gasteiger partial charge in [-0.05, 0) is 56.1 Å². The highest BCUT2D eigenvalue weighted by Gasteiger charge is 2.45. The molecule has 0 amide bonds. The molecule has 2 fully saturated rings. The Morgan fingerprint density at radius 3 is 2.50 bits per heavy atom. The highest BCUT2D eigenvalue weighted by atomic mass is 35.5. The van der Waals surface area contributed by atoms with E-state index in [1.807, 2.05) is 6.92 Å². The lowest BCUT2D eigenvalue weighted by molar-refractivity contribution is 0.0163. The average molecular weight is 392 g/mol. The number of aryl methyl sites for hydroxylation is 1. The second-order valence-corrected chi connectivity index (χ2v) is 8.48. The van der Waals surface area contributed by atoms with Crippen LogP contribution in [0.5, 0.6) is 0 Å². The molecule has 1 aliphatic carbocycles. The minimum atomic E-state index is -0.131. The van der Waals surface area contributed by atoms with Gasteiger partial charge in [0, 0.05) is 19.2 Å². The fourth-order valence-corrected chi connectivity index (χ4v) is 4.85. The summed E-state index contributed by atoms with van der Waals surface area (Å²) in [5.41, 5.74) is 0.977. The van der Waals surface area contributed by atoms with Crippen LogP contribution in [0.15, 0.2) is 29.1 Å². The molecule has 1 aromatic heterocycles. The van der Waals surface area contributed by atoms with Crippen LogP contribution in [0.2, 0.25) is 10.0 Å². The predicted octanol–water partition coefficient (Wildman–Crippen LogP) is 4.86. The molecule has 2 heterocycles. The van der Waals surface area contributed by atoms with Gasteiger partial charge in [0.05, 0.1) is 15.7 Å². The van der Waals surface area contributed by atoms with E-state index in [9.17, 15) is 4.79 Å². The first-order valence-corrected chi connectivity index (χ1v) is 9.97. The minimum Gasteiger partial charge on any atom is -0.356 e. The summed E-state index contributed by atoms with van der Waals surface area (Å²) in [6.45, 7) is 6.15. The summed E-state index contributed by atoms with van der Waals surface area (Å²) in [5, 5.41) is 0.795. The lowest BCUT2D eigenvalue weighted by atomic mass is 9.56. The van der Waals surface area contributed by atoms with E-state index in [2.05, 4.69) is 11.8 Å². The number of hydrogen-bond donors (Lipinski definition) is 0. The molecule has 1 aromatic carbocycles. The molecule has 1 atom stereocenters. The molecule has 4 rings (SSSR count). The van der Waals surface area contributed by atoms with Crippen molar-refractivity contribution in [1.82, 2.24) is 9.55 Å². The van der Waals surface area contributed by atoms with Gasteiger partial charge >= 0.3 is 0 Å². The predicted molar refractivity (Wildman–Crippen MR) is 107 cm³/mol. The highest BCUT2D eigenvalue weighted by Crippen LogP contribution is 2.53. The Bertz CT molecular complexity index is 900. The number of anilines is 1. The molecule has 1 saturated heterocycles. The maximum Gasteiger partial charge on any atom is 0.260 e. The molecule has 0 N–H and O–H groups in total. The lowest BCUT2D eigenvalue weighted by Crippen LogP contribution is -2.48. The Kier molecular flexibility index (Phi) is 4.52. The SMILES string of the molecule is Cc1nc(N2CCC3(CCC3C)CC2)cc(=O)n1-c1cccc(Cl)c1Cl. The zero-order valence-electron chi connectivity index (χ0n) is 15.1. The molecule has 4 nitrogen and oxygen atoms in total. The fraction of sp³-hybridized carbons (Fsp3) is 0.500. The smallest absolute Gasteiger partial charge is 0.260 e. The van der Waals surface area contributed by atoms with Gasteiger partial charge in [-0.1, -0.05) is 36.2 Å². The van der Waals surface area contributed by atoms with Gasteiger partial charge in [-0.25, -0.2) is 4.98 Å². The molecule has 2 aromatic rings. The summed E-state index contributed by atoms with van der Waals surface area (Å²) in [5.74, 6) is 2.22. The summed E-state index contributed by atoms with van der Waals surface area (Å²) in [7, 11) is 0. The zero-order chi connectivity index (χ0) is 18.5. The van der Waals surface area contributed by atoms with Crippen LogP contribution in [-0.2, 0) is 0 Å². The Morgan fingerprint density at radius 1 is 1.19 bits per heavy atom. The van der Waals surface area contributed by atoms with E-state index >= 15 is 0 Å². The summed E-state index contributed by atoms with van der Waals surface area (Å²) >= 11 is 12.4. The second kappa shape index (κ2) is 6.58. The molecule has 1 aliphatic heterocycles. The Labute approximate surface area is 163 Å². The third-order valence-electron chi connectivity index (χ3n) is 6.45. The average Bonchev–Trinajstić information content (AvgIpc) is 2.63. The summed E-state index contributed by atoms with van der Waals surface area (Å²) < 4.78 is 1.52. The van der Waals surface area contributed by atoms with Crippen molar-refractivity contribution in [3.05, 3.63) is 50.5 Å². The third kappa shape index (κ3) is 2.84. The maximum absolute atomic E-state index is 12.8. The van der Waals surface area contributed by atoms with Gasteiger partial charge in [-0.3, -0.25) is 9.36 Å². The minimum absolute atomic E-state index is 0.131. The number of benzene rings is 1. The van der Waals surface area contributed by atoms with Crippen LogP contribution < -0.4 is 10.5 Å². The lowest BCUT2D eigenvalue weighted by Gasteiger charge is -2.53. The Morgan fingerprint density at radius 2 is 1.92 bits per heavy atom. The third-order valence-corrected chi connectivity index (χ3v) is 7.26. The van der Waals surface area contributed by atoms with Crippen molar-refractivity contribution in [3.8, 4) is 5.69 Å². The number of hydrogen-bond acceptors (Lipinski definition) is 3. The van der Waals surface area contributed by atoms with Crippen LogP contribution in [0, 0.1) is 18.3 Å². The van der Waals surface area contributed by atoms with Crippen molar-refractivity contribution in [1.29, 1.82) is 0 Å². The first-order chi connectivity index (χ1) is 12.4. The van der Waals surface area contributed by atoms with Gasteiger partial charge in [-0.2, -0.15) is 0 Å². The van der Waals surface area contributed by atoms with E-state index < -0.39 is 0 Å². The van der Waals surface area contributed by atoms with Gasteiger partial charge in [0.2, 0.25) is 0 Å². The number of piperidine rings is 1. The molecule has 138 valence electrons. The number of rotatable bonds is 2. The first-order valence-electron chi connectivity index (χ1n) is 9.21. The van der Waals surface area contributed by atoms with E-state index in [0.717, 1.165) is 24.8 Å². The van der Waals surface area contributed by atoms with Crippen molar-refractivity contribution in [2.45, 2.75) is 39.5 Å². The van der Waals surface area contributed by atoms with Crippen molar-refractivity contribution in [2.75, 3.05) is 18.0 Å². The van der Waals surface area contributed by atoms with E-state index in [1.165, 1.54) is 30.3 Å². The van der Waals surface area contributed by atoms with Crippen LogP contribution in [0.4, 0.5) is 5.82 Å². The molecule has 0 bridgehead atoms. The number of nitrogens with zero attached hydrogens (tertiary/aromatic N) is 3. The van der Waals surface area contributed by atoms with Crippen molar-refractivity contribution in [2.24, 2.45) is 11.3 Å². The van der Waals surface area contributed by atoms with Gasteiger partial charge in [0.25, 0.3) is 5.56 Å². The van der Waals surface area contributed by atoms with E-state index in [-0.39, 0.29) is 5.56 Å². The van der Waals surface area contributed by atoms with Crippen molar-refractivity contribution < 1.29 is 0 Å². The molecular weight excluding hydrogens is 369 g/mol. The second-order valence-electron chi connectivity index (χ2n) is 7.70. The van der Waals surface area contributed by atoms with Crippen molar-refractivity contribution in [3.63, 3.8) is 0 Å². The molecule has 1 saturated carbocycles. The number of halogens is 2. The number of aromatic nitrogens is 2. The molecular formula is C20H23Cl2N3O. The largest absolute Gasteiger partial charge is 0.356 e.